The van der Waals surface area contributed by atoms with Crippen LogP contribution in [0.2, 0.25) is 0 Å². The van der Waals surface area contributed by atoms with Gasteiger partial charge in [0.05, 0.1) is 6.54 Å². The Labute approximate surface area is 175 Å². The Bertz CT molecular complexity index is 1100. The standard InChI is InChI=1S/C22H29N7O/c1-27-20(30)18-19(25-21(27)24-17-10-5-11-17)26-22(28-12-6-9-16(23)14-28)29(18)13-15-7-3-2-4-8-15/h2-4,7-8,16-17H,5-6,9-14,23H2,1H3,(H,24,25). The summed E-state index contributed by atoms with van der Waals surface area (Å²) >= 11 is 0. The number of hydrogen-bond acceptors (Lipinski definition) is 6. The fourth-order valence-corrected chi connectivity index (χ4v) is 4.36. The molecule has 5 rings (SSSR count). The maximum Gasteiger partial charge on any atom is 0.281 e. The smallest absolute Gasteiger partial charge is 0.281 e. The SMILES string of the molecule is Cn1c(NC2CCC2)nc2nc(N3CCCC(N)C3)n(Cc3ccccc3)c2c1=O. The van der Waals surface area contributed by atoms with Gasteiger partial charge in [0.1, 0.15) is 0 Å². The molecule has 1 aliphatic heterocycles. The zero-order valence-electron chi connectivity index (χ0n) is 17.4. The van der Waals surface area contributed by atoms with E-state index in [2.05, 4.69) is 22.3 Å². The number of piperidine rings is 1. The third kappa shape index (κ3) is 3.45. The first-order valence-corrected chi connectivity index (χ1v) is 10.9. The van der Waals surface area contributed by atoms with Gasteiger partial charge in [0.25, 0.3) is 5.56 Å². The fraction of sp³-hybridized carbons (Fsp3) is 0.500. The molecule has 1 aromatic carbocycles. The highest BCUT2D eigenvalue weighted by atomic mass is 16.1. The van der Waals surface area contributed by atoms with E-state index < -0.39 is 0 Å². The van der Waals surface area contributed by atoms with Gasteiger partial charge in [-0.1, -0.05) is 30.3 Å². The largest absolute Gasteiger partial charge is 0.353 e. The van der Waals surface area contributed by atoms with Gasteiger partial charge in [-0.25, -0.2) is 0 Å². The first kappa shape index (κ1) is 19.1. The van der Waals surface area contributed by atoms with Gasteiger partial charge in [0.15, 0.2) is 11.2 Å². The number of anilines is 2. The van der Waals surface area contributed by atoms with Crippen molar-refractivity contribution >= 4 is 23.1 Å². The molecule has 2 fully saturated rings. The highest BCUT2D eigenvalue weighted by Gasteiger charge is 2.26. The molecule has 2 aromatic heterocycles. The summed E-state index contributed by atoms with van der Waals surface area (Å²) in [5, 5.41) is 3.41. The lowest BCUT2D eigenvalue weighted by atomic mass is 9.93. The molecule has 1 saturated carbocycles. The number of aromatic nitrogens is 4. The zero-order valence-corrected chi connectivity index (χ0v) is 17.4. The predicted octanol–water partition coefficient (Wildman–Crippen LogP) is 2.07. The number of nitrogens with zero attached hydrogens (tertiary/aromatic N) is 5. The van der Waals surface area contributed by atoms with Crippen molar-refractivity contribution in [2.75, 3.05) is 23.3 Å². The van der Waals surface area contributed by atoms with Crippen LogP contribution < -0.4 is 21.5 Å². The Balaban J connectivity index is 1.63. The van der Waals surface area contributed by atoms with Gasteiger partial charge in [0.2, 0.25) is 11.9 Å². The molecule has 0 radical (unpaired) electrons. The van der Waals surface area contributed by atoms with Gasteiger partial charge in [-0.05, 0) is 37.7 Å². The molecule has 0 bridgehead atoms. The highest BCUT2D eigenvalue weighted by molar-refractivity contribution is 5.75. The molecule has 3 N–H and O–H groups in total. The summed E-state index contributed by atoms with van der Waals surface area (Å²) in [6.07, 6.45) is 5.50. The van der Waals surface area contributed by atoms with Crippen LogP contribution in [0, 0.1) is 0 Å². The van der Waals surface area contributed by atoms with E-state index in [9.17, 15) is 4.79 Å². The molecule has 0 amide bonds. The van der Waals surface area contributed by atoms with E-state index in [1.807, 2.05) is 22.8 Å². The molecule has 8 nitrogen and oxygen atoms in total. The van der Waals surface area contributed by atoms with Gasteiger partial charge < -0.3 is 16.0 Å². The van der Waals surface area contributed by atoms with Crippen LogP contribution in [0.5, 0.6) is 0 Å². The lowest BCUT2D eigenvalue weighted by Crippen LogP contribution is -2.44. The molecule has 0 spiro atoms. The number of nitrogens with one attached hydrogen (secondary N) is 1. The summed E-state index contributed by atoms with van der Waals surface area (Å²) in [6.45, 7) is 2.20. The van der Waals surface area contributed by atoms with Crippen LogP contribution in [0.25, 0.3) is 11.2 Å². The Morgan fingerprint density at radius 1 is 1.13 bits per heavy atom. The maximum absolute atomic E-state index is 13.4. The van der Waals surface area contributed by atoms with E-state index in [-0.39, 0.29) is 11.6 Å². The minimum atomic E-state index is -0.0715. The molecular weight excluding hydrogens is 378 g/mol. The number of imidazole rings is 1. The third-order valence-electron chi connectivity index (χ3n) is 6.33. The summed E-state index contributed by atoms with van der Waals surface area (Å²) in [7, 11) is 1.78. The van der Waals surface area contributed by atoms with Crippen molar-refractivity contribution in [1.29, 1.82) is 0 Å². The molecule has 30 heavy (non-hydrogen) atoms. The molecule has 3 aromatic rings. The molecule has 1 saturated heterocycles. The Hall–Kier alpha value is -2.87. The third-order valence-corrected chi connectivity index (χ3v) is 6.33. The van der Waals surface area contributed by atoms with Crippen molar-refractivity contribution in [2.24, 2.45) is 12.8 Å². The van der Waals surface area contributed by atoms with E-state index in [1.54, 1.807) is 11.6 Å². The van der Waals surface area contributed by atoms with Crippen LogP contribution in [0.1, 0.15) is 37.7 Å². The Morgan fingerprint density at radius 2 is 1.93 bits per heavy atom. The fourth-order valence-electron chi connectivity index (χ4n) is 4.36. The molecule has 1 unspecified atom stereocenters. The van der Waals surface area contributed by atoms with Crippen LogP contribution in [0.4, 0.5) is 11.9 Å². The summed E-state index contributed by atoms with van der Waals surface area (Å²) < 4.78 is 3.64. The average molecular weight is 408 g/mol. The highest BCUT2D eigenvalue weighted by Crippen LogP contribution is 2.26. The van der Waals surface area contributed by atoms with E-state index >= 15 is 0 Å². The zero-order chi connectivity index (χ0) is 20.7. The first-order valence-electron chi connectivity index (χ1n) is 10.9. The van der Waals surface area contributed by atoms with E-state index in [0.717, 1.165) is 50.3 Å². The molecule has 8 heteroatoms. The van der Waals surface area contributed by atoms with Crippen LogP contribution in [0.15, 0.2) is 35.1 Å². The van der Waals surface area contributed by atoms with Gasteiger partial charge in [0, 0.05) is 32.2 Å². The van der Waals surface area contributed by atoms with Crippen molar-refractivity contribution < 1.29 is 0 Å². The Morgan fingerprint density at radius 3 is 2.63 bits per heavy atom. The normalized spacial score (nSPS) is 19.8. The van der Waals surface area contributed by atoms with E-state index in [0.29, 0.717) is 29.7 Å². The van der Waals surface area contributed by atoms with Crippen LogP contribution in [0.3, 0.4) is 0 Å². The summed E-state index contributed by atoms with van der Waals surface area (Å²) in [5.41, 5.74) is 8.35. The van der Waals surface area contributed by atoms with E-state index in [1.165, 1.54) is 6.42 Å². The molecule has 1 aliphatic carbocycles. The van der Waals surface area contributed by atoms with Crippen molar-refractivity contribution in [3.8, 4) is 0 Å². The minimum absolute atomic E-state index is 0.0715. The second kappa shape index (κ2) is 7.75. The summed E-state index contributed by atoms with van der Waals surface area (Å²) in [6, 6.07) is 10.7. The number of rotatable bonds is 5. The van der Waals surface area contributed by atoms with E-state index in [4.69, 9.17) is 15.7 Å². The predicted molar refractivity (Wildman–Crippen MR) is 119 cm³/mol. The number of benzene rings is 1. The van der Waals surface area contributed by atoms with Crippen LogP contribution >= 0.6 is 0 Å². The molecule has 2 aliphatic rings. The second-order valence-corrected chi connectivity index (χ2v) is 8.58. The number of fused-ring (bicyclic) bond motifs is 1. The van der Waals surface area contributed by atoms with Crippen molar-refractivity contribution in [2.45, 2.75) is 50.7 Å². The second-order valence-electron chi connectivity index (χ2n) is 8.58. The van der Waals surface area contributed by atoms with Crippen molar-refractivity contribution in [3.63, 3.8) is 0 Å². The summed E-state index contributed by atoms with van der Waals surface area (Å²) in [5.74, 6) is 1.39. The molecular formula is C22H29N7O. The first-order chi connectivity index (χ1) is 14.6. The quantitative estimate of drug-likeness (QED) is 0.672. The lowest BCUT2D eigenvalue weighted by molar-refractivity contribution is 0.441. The van der Waals surface area contributed by atoms with Gasteiger partial charge in [-0.3, -0.25) is 13.9 Å². The summed E-state index contributed by atoms with van der Waals surface area (Å²) in [4.78, 5) is 25.2. The van der Waals surface area contributed by atoms with Crippen LogP contribution in [-0.2, 0) is 13.6 Å². The Kier molecular flexibility index (Phi) is 4.94. The van der Waals surface area contributed by atoms with Crippen molar-refractivity contribution in [1.82, 2.24) is 19.1 Å². The van der Waals surface area contributed by atoms with Gasteiger partial charge in [-0.2, -0.15) is 9.97 Å². The minimum Gasteiger partial charge on any atom is -0.353 e. The number of hydrogen-bond donors (Lipinski definition) is 2. The lowest BCUT2D eigenvalue weighted by Gasteiger charge is -2.31. The van der Waals surface area contributed by atoms with Gasteiger partial charge >= 0.3 is 0 Å². The van der Waals surface area contributed by atoms with Crippen LogP contribution in [-0.4, -0.2) is 44.3 Å². The average Bonchev–Trinajstić information content (AvgIpc) is 3.07. The maximum atomic E-state index is 13.4. The number of nitrogens with two attached hydrogens (primary N) is 1. The molecule has 158 valence electrons. The van der Waals surface area contributed by atoms with Gasteiger partial charge in [-0.15, -0.1) is 0 Å². The molecule has 1 atom stereocenters. The molecule has 3 heterocycles. The monoisotopic (exact) mass is 407 g/mol. The topological polar surface area (TPSA) is 94.0 Å². The van der Waals surface area contributed by atoms with Crippen molar-refractivity contribution in [3.05, 3.63) is 46.2 Å².